The van der Waals surface area contributed by atoms with E-state index in [1.54, 1.807) is 0 Å². The standard InChI is InChI=1S/C37H25ClF9N7O2/c1-35(56,34(41)42)10-9-19-3-4-20(21-6-8-24(38)28-30(21)53(2)52-33(28)48)29(49-19)25(13-16-11-17(39)14-18(40)12-16)50-26(55)15-54-32-27(31(51-54)37(45,46)47)22-5-7-23(22)36(32,43)44/h3-4,6,8,11-12,14,22-23,25,34,56H,13,15H2,1-2H3,(H2,48,52)(H,50,55)/t22-,23+,25-,35?/m0/s1. The van der Waals surface area contributed by atoms with Crippen molar-refractivity contribution in [2.24, 2.45) is 13.0 Å². The van der Waals surface area contributed by atoms with Crippen molar-refractivity contribution < 1.29 is 49.4 Å². The quantitative estimate of drug-likeness (QED) is 0.119. The third-order valence-corrected chi connectivity index (χ3v) is 9.69. The fourth-order valence-corrected chi connectivity index (χ4v) is 7.10. The number of nitrogens with one attached hydrogen (secondary N) is 1. The molecule has 0 fully saturated rings. The molecule has 5 aromatic rings. The number of nitrogen functional groups attached to an aromatic ring is 1. The first-order valence-corrected chi connectivity index (χ1v) is 16.8. The molecule has 0 spiro atoms. The number of pyridine rings is 1. The molecule has 3 aromatic heterocycles. The van der Waals surface area contributed by atoms with Crippen LogP contribution < -0.4 is 11.1 Å². The normalized spacial score (nSPS) is 18.2. The molecule has 0 bridgehead atoms. The number of alkyl halides is 7. The molecule has 3 heterocycles. The number of hydrogen-bond donors (Lipinski definition) is 3. The van der Waals surface area contributed by atoms with E-state index in [4.69, 9.17) is 17.3 Å². The average molecular weight is 806 g/mol. The van der Waals surface area contributed by atoms with Crippen LogP contribution in [0.3, 0.4) is 0 Å². The second-order valence-electron chi connectivity index (χ2n) is 13.4. The van der Waals surface area contributed by atoms with Crippen molar-refractivity contribution in [1.29, 1.82) is 0 Å². The van der Waals surface area contributed by atoms with E-state index in [2.05, 4.69) is 38.3 Å². The van der Waals surface area contributed by atoms with Gasteiger partial charge < -0.3 is 16.2 Å². The maximum absolute atomic E-state index is 15.5. The number of aliphatic hydroxyl groups is 1. The van der Waals surface area contributed by atoms with Crippen LogP contribution in [0.4, 0.5) is 45.3 Å². The zero-order chi connectivity index (χ0) is 40.6. The fourth-order valence-electron chi connectivity index (χ4n) is 6.85. The van der Waals surface area contributed by atoms with Gasteiger partial charge in [-0.15, -0.1) is 0 Å². The minimum absolute atomic E-state index is 0.0290. The topological polar surface area (TPSA) is 124 Å². The number of nitrogens with zero attached hydrogens (tertiary/aromatic N) is 5. The summed E-state index contributed by atoms with van der Waals surface area (Å²) in [7, 11) is 1.54. The van der Waals surface area contributed by atoms with Gasteiger partial charge in [0.2, 0.25) is 5.91 Å². The minimum Gasteiger partial charge on any atom is -0.382 e. The third kappa shape index (κ3) is 6.66. The number of hydrogen-bond acceptors (Lipinski definition) is 6. The molecule has 4 atom stereocenters. The highest BCUT2D eigenvalue weighted by atomic mass is 35.5. The second-order valence-corrected chi connectivity index (χ2v) is 13.8. The molecular formula is C37H25ClF9N7O2. The van der Waals surface area contributed by atoms with Crippen LogP contribution in [-0.2, 0) is 36.9 Å². The molecule has 0 saturated heterocycles. The lowest BCUT2D eigenvalue weighted by molar-refractivity contribution is -0.142. The van der Waals surface area contributed by atoms with Gasteiger partial charge in [-0.3, -0.25) is 14.2 Å². The van der Waals surface area contributed by atoms with Crippen LogP contribution >= 0.6 is 11.6 Å². The molecule has 0 radical (unpaired) electrons. The zero-order valence-corrected chi connectivity index (χ0v) is 29.5. The van der Waals surface area contributed by atoms with E-state index in [0.29, 0.717) is 22.5 Å². The monoisotopic (exact) mass is 805 g/mol. The molecule has 2 aliphatic carbocycles. The van der Waals surface area contributed by atoms with Crippen LogP contribution in [0.1, 0.15) is 52.8 Å². The first-order chi connectivity index (χ1) is 26.2. The van der Waals surface area contributed by atoms with Crippen LogP contribution in [0, 0.1) is 41.2 Å². The zero-order valence-electron chi connectivity index (χ0n) is 28.7. The number of rotatable bonds is 8. The van der Waals surface area contributed by atoms with Crippen molar-refractivity contribution in [2.75, 3.05) is 5.73 Å². The number of aryl methyl sites for hydroxylation is 1. The average Bonchev–Trinajstić information content (AvgIpc) is 3.64. The Kier molecular flexibility index (Phi) is 9.29. The summed E-state index contributed by atoms with van der Waals surface area (Å²) < 4.78 is 131. The van der Waals surface area contributed by atoms with Gasteiger partial charge in [0.05, 0.1) is 33.6 Å². The number of aromatic nitrogens is 5. The molecule has 2 aliphatic rings. The van der Waals surface area contributed by atoms with Crippen molar-refractivity contribution >= 4 is 34.2 Å². The molecule has 4 N–H and O–H groups in total. The summed E-state index contributed by atoms with van der Waals surface area (Å²) in [6, 6.07) is 6.65. The van der Waals surface area contributed by atoms with Crippen LogP contribution in [0.15, 0.2) is 42.5 Å². The highest BCUT2D eigenvalue weighted by Crippen LogP contribution is 2.58. The number of benzene rings is 2. The minimum atomic E-state index is -5.17. The molecule has 2 aromatic carbocycles. The summed E-state index contributed by atoms with van der Waals surface area (Å²) >= 11 is 6.45. The largest absolute Gasteiger partial charge is 0.435 e. The van der Waals surface area contributed by atoms with Crippen LogP contribution in [0.5, 0.6) is 0 Å². The van der Waals surface area contributed by atoms with E-state index < -0.39 is 89.5 Å². The second kappa shape index (κ2) is 13.5. The van der Waals surface area contributed by atoms with Gasteiger partial charge in [0.15, 0.2) is 17.1 Å². The van der Waals surface area contributed by atoms with Crippen molar-refractivity contribution in [1.82, 2.24) is 29.9 Å². The lowest BCUT2D eigenvalue weighted by Gasteiger charge is -2.24. The molecule has 7 rings (SSSR count). The number of amides is 1. The maximum atomic E-state index is 15.5. The summed E-state index contributed by atoms with van der Waals surface area (Å²) in [6.07, 6.45) is -8.95. The molecule has 1 unspecified atom stereocenters. The highest BCUT2D eigenvalue weighted by Gasteiger charge is 2.62. The van der Waals surface area contributed by atoms with Gasteiger partial charge in [0.1, 0.15) is 35.5 Å². The predicted octanol–water partition coefficient (Wildman–Crippen LogP) is 6.65. The molecule has 1 amide bonds. The smallest absolute Gasteiger partial charge is 0.382 e. The van der Waals surface area contributed by atoms with E-state index in [1.165, 1.54) is 36.0 Å². The Bertz CT molecular complexity index is 2560. The van der Waals surface area contributed by atoms with E-state index in [-0.39, 0.29) is 38.0 Å². The molecule has 19 heteroatoms. The van der Waals surface area contributed by atoms with Gasteiger partial charge in [0.25, 0.3) is 6.43 Å². The van der Waals surface area contributed by atoms with Gasteiger partial charge in [-0.05, 0) is 55.2 Å². The Morgan fingerprint density at radius 2 is 1.77 bits per heavy atom. The van der Waals surface area contributed by atoms with Gasteiger partial charge >= 0.3 is 12.1 Å². The number of fused-ring (bicyclic) bond motifs is 4. The van der Waals surface area contributed by atoms with Gasteiger partial charge in [0, 0.05) is 29.8 Å². The summed E-state index contributed by atoms with van der Waals surface area (Å²) in [5.41, 5.74) is 0.123. The van der Waals surface area contributed by atoms with Crippen LogP contribution in [-0.4, -0.2) is 47.6 Å². The Morgan fingerprint density at radius 1 is 1.09 bits per heavy atom. The Labute approximate surface area is 315 Å². The molecule has 0 saturated carbocycles. The van der Waals surface area contributed by atoms with E-state index >= 15 is 8.78 Å². The van der Waals surface area contributed by atoms with Crippen molar-refractivity contribution in [3.63, 3.8) is 0 Å². The van der Waals surface area contributed by atoms with E-state index in [9.17, 15) is 40.6 Å². The van der Waals surface area contributed by atoms with Crippen molar-refractivity contribution in [3.8, 4) is 34.8 Å². The molecule has 290 valence electrons. The van der Waals surface area contributed by atoms with Crippen molar-refractivity contribution in [2.45, 2.75) is 56.0 Å². The highest BCUT2D eigenvalue weighted by molar-refractivity contribution is 6.37. The number of carbonyl (C=O) groups is 1. The lowest BCUT2D eigenvalue weighted by Crippen LogP contribution is -2.36. The molecule has 9 nitrogen and oxygen atoms in total. The van der Waals surface area contributed by atoms with Crippen LogP contribution in [0.2, 0.25) is 5.02 Å². The molecule has 56 heavy (non-hydrogen) atoms. The Hall–Kier alpha value is -5.72. The maximum Gasteiger partial charge on any atom is 0.435 e. The number of nitrogens with two attached hydrogens (primary N) is 1. The lowest BCUT2D eigenvalue weighted by atomic mass is 9.84. The fraction of sp³-hybridized carbons (Fsp3) is 0.297. The van der Waals surface area contributed by atoms with Crippen LogP contribution in [0.25, 0.3) is 22.0 Å². The summed E-state index contributed by atoms with van der Waals surface area (Å²) in [4.78, 5) is 18.3. The third-order valence-electron chi connectivity index (χ3n) is 9.37. The first kappa shape index (κ1) is 38.6. The molecule has 0 aliphatic heterocycles. The summed E-state index contributed by atoms with van der Waals surface area (Å²) in [5.74, 6) is -1.41. The molecular weight excluding hydrogens is 781 g/mol. The number of halogens is 10. The van der Waals surface area contributed by atoms with Gasteiger partial charge in [-0.1, -0.05) is 35.4 Å². The summed E-state index contributed by atoms with van der Waals surface area (Å²) in [5, 5.41) is 20.7. The first-order valence-electron chi connectivity index (χ1n) is 16.4. The van der Waals surface area contributed by atoms with E-state index in [1.807, 2.05) is 5.92 Å². The van der Waals surface area contributed by atoms with Crippen molar-refractivity contribution in [3.05, 3.63) is 93.0 Å². The predicted molar refractivity (Wildman–Crippen MR) is 183 cm³/mol. The summed E-state index contributed by atoms with van der Waals surface area (Å²) in [6.45, 7) is -0.424. The Balaban J connectivity index is 1.38. The Morgan fingerprint density at radius 3 is 2.39 bits per heavy atom. The number of anilines is 1. The van der Waals surface area contributed by atoms with Gasteiger partial charge in [-0.25, -0.2) is 22.5 Å². The van der Waals surface area contributed by atoms with E-state index in [0.717, 1.165) is 19.1 Å². The van der Waals surface area contributed by atoms with Gasteiger partial charge in [-0.2, -0.15) is 32.1 Å². The SMILES string of the molecule is Cn1nc(N)c2c(Cl)ccc(-c3ccc(C#CC(C)(O)C(F)F)nc3[C@H](Cc3cc(F)cc(F)c3)NC(=O)Cn3nc(C(F)(F)F)c4c3C(F)(F)[C@@H]3C#C[C@H]43)c21. The number of carbonyl (C=O) groups excluding carboxylic acids is 1.